The van der Waals surface area contributed by atoms with Gasteiger partial charge >= 0.3 is 0 Å². The SMILES string of the molecule is c1ccc(-c2ccc(-c3nc(-c4ccc5ccccc5c4)nc(-c4cc(-c5ccccc5)cc(-c5cccc6c5Oc5cccc7cccc-6c57)c4-c4ccccc4)n3)cc2)cc1. The van der Waals surface area contributed by atoms with Crippen LogP contribution in [0.5, 0.6) is 11.5 Å². The summed E-state index contributed by atoms with van der Waals surface area (Å²) in [6.45, 7) is 0. The fourth-order valence-electron chi connectivity index (χ4n) is 9.07. The molecule has 0 saturated heterocycles. The summed E-state index contributed by atoms with van der Waals surface area (Å²) in [6.07, 6.45) is 0. The number of hydrogen-bond donors (Lipinski definition) is 0. The van der Waals surface area contributed by atoms with Gasteiger partial charge in [0, 0.05) is 38.8 Å². The molecule has 0 saturated carbocycles. The molecule has 0 aliphatic carbocycles. The summed E-state index contributed by atoms with van der Waals surface area (Å²) >= 11 is 0. The van der Waals surface area contributed by atoms with E-state index in [1.807, 2.05) is 6.07 Å². The molecular formula is C59H37N3O. The van der Waals surface area contributed by atoms with Gasteiger partial charge in [-0.3, -0.25) is 0 Å². The first-order chi connectivity index (χ1) is 31.2. The molecule has 4 nitrogen and oxygen atoms in total. The van der Waals surface area contributed by atoms with Gasteiger partial charge in [0.15, 0.2) is 17.5 Å². The van der Waals surface area contributed by atoms with Gasteiger partial charge in [0.2, 0.25) is 0 Å². The predicted molar refractivity (Wildman–Crippen MR) is 258 cm³/mol. The third-order valence-corrected chi connectivity index (χ3v) is 12.1. The normalized spacial score (nSPS) is 11.6. The first kappa shape index (κ1) is 36.4. The highest BCUT2D eigenvalue weighted by molar-refractivity contribution is 6.07. The number of hydrogen-bond acceptors (Lipinski definition) is 4. The number of nitrogens with zero attached hydrogens (tertiary/aromatic N) is 3. The van der Waals surface area contributed by atoms with Crippen LogP contribution in [0.25, 0.3) is 111 Å². The van der Waals surface area contributed by atoms with Gasteiger partial charge in [-0.1, -0.05) is 200 Å². The monoisotopic (exact) mass is 803 g/mol. The molecule has 1 aliphatic rings. The molecule has 0 atom stereocenters. The van der Waals surface area contributed by atoms with E-state index < -0.39 is 0 Å². The molecule has 2 heterocycles. The lowest BCUT2D eigenvalue weighted by molar-refractivity contribution is 0.489. The average molecular weight is 804 g/mol. The fraction of sp³-hybridized carbons (Fsp3) is 0. The van der Waals surface area contributed by atoms with Gasteiger partial charge < -0.3 is 4.74 Å². The van der Waals surface area contributed by atoms with Crippen LogP contribution in [0.3, 0.4) is 0 Å². The van der Waals surface area contributed by atoms with Crippen LogP contribution < -0.4 is 4.74 Å². The van der Waals surface area contributed by atoms with Crippen LogP contribution in [-0.4, -0.2) is 15.0 Å². The van der Waals surface area contributed by atoms with Crippen molar-refractivity contribution >= 4 is 21.5 Å². The molecule has 12 rings (SSSR count). The van der Waals surface area contributed by atoms with Crippen molar-refractivity contribution in [2.45, 2.75) is 0 Å². The van der Waals surface area contributed by atoms with Crippen LogP contribution >= 0.6 is 0 Å². The van der Waals surface area contributed by atoms with Crippen molar-refractivity contribution in [3.63, 3.8) is 0 Å². The summed E-state index contributed by atoms with van der Waals surface area (Å²) in [7, 11) is 0. The zero-order valence-electron chi connectivity index (χ0n) is 34.1. The topological polar surface area (TPSA) is 47.9 Å². The van der Waals surface area contributed by atoms with Crippen molar-refractivity contribution in [3.8, 4) is 101 Å². The van der Waals surface area contributed by atoms with E-state index in [4.69, 9.17) is 19.7 Å². The van der Waals surface area contributed by atoms with E-state index in [9.17, 15) is 0 Å². The highest BCUT2D eigenvalue weighted by atomic mass is 16.5. The predicted octanol–water partition coefficient (Wildman–Crippen LogP) is 15.6. The zero-order valence-corrected chi connectivity index (χ0v) is 34.1. The summed E-state index contributed by atoms with van der Waals surface area (Å²) in [5.74, 6) is 3.45. The molecular weight excluding hydrogens is 767 g/mol. The van der Waals surface area contributed by atoms with Gasteiger partial charge in [0.05, 0.1) is 0 Å². The maximum Gasteiger partial charge on any atom is 0.164 e. The van der Waals surface area contributed by atoms with Crippen molar-refractivity contribution in [3.05, 3.63) is 224 Å². The Labute approximate surface area is 365 Å². The van der Waals surface area contributed by atoms with Gasteiger partial charge in [-0.05, 0) is 79.4 Å². The van der Waals surface area contributed by atoms with E-state index in [1.165, 1.54) is 0 Å². The second-order valence-electron chi connectivity index (χ2n) is 15.9. The Balaban J connectivity index is 1.14. The molecule has 0 radical (unpaired) electrons. The van der Waals surface area contributed by atoms with E-state index in [2.05, 4.69) is 218 Å². The zero-order chi connectivity index (χ0) is 41.7. The van der Waals surface area contributed by atoms with E-state index in [1.54, 1.807) is 0 Å². The number of para-hydroxylation sites is 1. The molecule has 0 N–H and O–H groups in total. The van der Waals surface area contributed by atoms with E-state index >= 15 is 0 Å². The maximum atomic E-state index is 7.01. The molecule has 1 aromatic heterocycles. The minimum Gasteiger partial charge on any atom is -0.455 e. The van der Waals surface area contributed by atoms with Crippen molar-refractivity contribution in [1.82, 2.24) is 15.0 Å². The smallest absolute Gasteiger partial charge is 0.164 e. The van der Waals surface area contributed by atoms with E-state index in [-0.39, 0.29) is 0 Å². The van der Waals surface area contributed by atoms with Crippen LogP contribution in [-0.2, 0) is 0 Å². The average Bonchev–Trinajstić information content (AvgIpc) is 3.36. The Bertz CT molecular complexity index is 3510. The molecule has 11 aromatic rings. The van der Waals surface area contributed by atoms with E-state index in [0.29, 0.717) is 17.5 Å². The molecule has 0 fully saturated rings. The summed E-state index contributed by atoms with van der Waals surface area (Å²) in [6, 6.07) is 78.7. The maximum absolute atomic E-state index is 7.01. The second-order valence-corrected chi connectivity index (χ2v) is 15.9. The quantitative estimate of drug-likeness (QED) is 0.161. The van der Waals surface area contributed by atoms with Crippen molar-refractivity contribution < 1.29 is 4.74 Å². The van der Waals surface area contributed by atoms with E-state index in [0.717, 1.165) is 105 Å². The fourth-order valence-corrected chi connectivity index (χ4v) is 9.07. The van der Waals surface area contributed by atoms with Gasteiger partial charge in [0.1, 0.15) is 11.5 Å². The lowest BCUT2D eigenvalue weighted by Gasteiger charge is -2.25. The molecule has 1 aliphatic heterocycles. The lowest BCUT2D eigenvalue weighted by atomic mass is 9.84. The summed E-state index contributed by atoms with van der Waals surface area (Å²) in [5, 5.41) is 4.56. The number of fused-ring (bicyclic) bond motifs is 3. The molecule has 294 valence electrons. The molecule has 10 aromatic carbocycles. The first-order valence-electron chi connectivity index (χ1n) is 21.3. The summed E-state index contributed by atoms with van der Waals surface area (Å²) in [5.41, 5.74) is 13.4. The molecule has 63 heavy (non-hydrogen) atoms. The second kappa shape index (κ2) is 15.2. The lowest BCUT2D eigenvalue weighted by Crippen LogP contribution is -2.03. The van der Waals surface area contributed by atoms with Gasteiger partial charge in [-0.25, -0.2) is 15.0 Å². The highest BCUT2D eigenvalue weighted by Gasteiger charge is 2.27. The first-order valence-corrected chi connectivity index (χ1v) is 21.3. The van der Waals surface area contributed by atoms with Crippen LogP contribution in [0.1, 0.15) is 0 Å². The van der Waals surface area contributed by atoms with Crippen molar-refractivity contribution in [1.29, 1.82) is 0 Å². The van der Waals surface area contributed by atoms with Crippen LogP contribution in [0, 0.1) is 0 Å². The number of benzene rings is 10. The molecule has 0 spiro atoms. The largest absolute Gasteiger partial charge is 0.455 e. The third kappa shape index (κ3) is 6.53. The number of ether oxygens (including phenoxy) is 1. The molecule has 4 heteroatoms. The summed E-state index contributed by atoms with van der Waals surface area (Å²) < 4.78 is 7.01. The molecule has 0 amide bonds. The van der Waals surface area contributed by atoms with Gasteiger partial charge in [-0.2, -0.15) is 0 Å². The minimum atomic E-state index is 0.578. The van der Waals surface area contributed by atoms with Crippen molar-refractivity contribution in [2.24, 2.45) is 0 Å². The number of rotatable bonds is 7. The van der Waals surface area contributed by atoms with Gasteiger partial charge in [-0.15, -0.1) is 0 Å². The standard InChI is InChI=1S/C59H37N3O/c1-4-15-38(16-5-1)41-29-32-44(33-30-41)57-60-58(46-34-31-40-19-10-11-22-45(40)35-46)62-59(61-57)52-37-47(39-17-6-2-7-18-39)36-51(54(52)42-20-8-3-9-21-42)50-27-14-26-49-48-25-12-23-43-24-13-28-53(55(43)48)63-56(49)50/h1-37H. The minimum absolute atomic E-state index is 0.578. The highest BCUT2D eigenvalue weighted by Crippen LogP contribution is 2.53. The summed E-state index contributed by atoms with van der Waals surface area (Å²) in [4.78, 5) is 16.1. The Morgan fingerprint density at radius 3 is 1.49 bits per heavy atom. The van der Waals surface area contributed by atoms with Crippen LogP contribution in [0.15, 0.2) is 224 Å². The van der Waals surface area contributed by atoms with Gasteiger partial charge in [0.25, 0.3) is 0 Å². The molecule has 0 bridgehead atoms. The third-order valence-electron chi connectivity index (χ3n) is 12.1. The Hall–Kier alpha value is -8.47. The van der Waals surface area contributed by atoms with Crippen LogP contribution in [0.4, 0.5) is 0 Å². The Morgan fingerprint density at radius 1 is 0.270 bits per heavy atom. The molecule has 0 unspecified atom stereocenters. The van der Waals surface area contributed by atoms with Crippen LogP contribution in [0.2, 0.25) is 0 Å². The Morgan fingerprint density at radius 2 is 0.762 bits per heavy atom. The Kier molecular flexibility index (Phi) is 8.79. The van der Waals surface area contributed by atoms with Crippen molar-refractivity contribution in [2.75, 3.05) is 0 Å². The number of aromatic nitrogens is 3.